The number of hydrogen-bond acceptors (Lipinski definition) is 3. The van der Waals surface area contributed by atoms with E-state index in [9.17, 15) is 9.59 Å². The average molecular weight is 370 g/mol. The summed E-state index contributed by atoms with van der Waals surface area (Å²) in [7, 11) is 0. The van der Waals surface area contributed by atoms with E-state index < -0.39 is 0 Å². The zero-order valence-electron chi connectivity index (χ0n) is 16.1. The van der Waals surface area contributed by atoms with Crippen molar-refractivity contribution in [2.75, 3.05) is 26.2 Å². The van der Waals surface area contributed by atoms with Crippen molar-refractivity contribution in [3.63, 3.8) is 0 Å². The van der Waals surface area contributed by atoms with Crippen LogP contribution in [0.3, 0.4) is 0 Å². The van der Waals surface area contributed by atoms with E-state index in [0.29, 0.717) is 5.91 Å². The van der Waals surface area contributed by atoms with Crippen molar-refractivity contribution in [3.8, 4) is 0 Å². The van der Waals surface area contributed by atoms with Crippen molar-refractivity contribution in [1.29, 1.82) is 0 Å². The zero-order chi connectivity index (χ0) is 18.6. The Bertz CT molecular complexity index is 651. The zero-order valence-corrected chi connectivity index (χ0v) is 16.1. The quantitative estimate of drug-likeness (QED) is 0.867. The standard InChI is InChI=1S/C22H31N3O2/c26-21(18-8-9-18)23-20-10-13-25(14-11-20)22(27)19-7-4-12-24(16-19)15-17-5-2-1-3-6-17/h1-3,5-6,18-20H,4,7-16H2,(H,23,26)/t19-/m0/s1. The molecule has 27 heavy (non-hydrogen) atoms. The maximum atomic E-state index is 13.0. The largest absolute Gasteiger partial charge is 0.353 e. The molecule has 4 rings (SSSR count). The first-order valence-corrected chi connectivity index (χ1v) is 10.5. The van der Waals surface area contributed by atoms with E-state index in [1.165, 1.54) is 5.56 Å². The Morgan fingerprint density at radius 1 is 0.926 bits per heavy atom. The molecule has 146 valence electrons. The molecule has 1 N–H and O–H groups in total. The number of amides is 2. The summed E-state index contributed by atoms with van der Waals surface area (Å²) >= 11 is 0. The molecule has 5 heteroatoms. The van der Waals surface area contributed by atoms with Crippen LogP contribution in [-0.2, 0) is 16.1 Å². The number of hydrogen-bond donors (Lipinski definition) is 1. The molecule has 2 saturated heterocycles. The molecule has 0 radical (unpaired) electrons. The van der Waals surface area contributed by atoms with Crippen molar-refractivity contribution >= 4 is 11.8 Å². The van der Waals surface area contributed by atoms with Gasteiger partial charge in [-0.2, -0.15) is 0 Å². The molecule has 1 aromatic carbocycles. The highest BCUT2D eigenvalue weighted by atomic mass is 16.2. The third kappa shape index (κ3) is 4.89. The van der Waals surface area contributed by atoms with Crippen LogP contribution in [-0.4, -0.2) is 53.8 Å². The van der Waals surface area contributed by atoms with E-state index in [2.05, 4.69) is 34.5 Å². The molecule has 1 aliphatic carbocycles. The molecule has 2 aliphatic heterocycles. The Balaban J connectivity index is 1.24. The molecule has 2 heterocycles. The summed E-state index contributed by atoms with van der Waals surface area (Å²) < 4.78 is 0. The molecule has 1 aromatic rings. The summed E-state index contributed by atoms with van der Waals surface area (Å²) in [5, 5.41) is 3.17. The van der Waals surface area contributed by atoms with Gasteiger partial charge in [0, 0.05) is 38.1 Å². The molecule has 2 amide bonds. The van der Waals surface area contributed by atoms with Gasteiger partial charge in [-0.1, -0.05) is 30.3 Å². The van der Waals surface area contributed by atoms with Crippen molar-refractivity contribution in [1.82, 2.24) is 15.1 Å². The Morgan fingerprint density at radius 2 is 1.67 bits per heavy atom. The van der Waals surface area contributed by atoms with Gasteiger partial charge in [0.25, 0.3) is 0 Å². The summed E-state index contributed by atoms with van der Waals surface area (Å²) in [5.41, 5.74) is 1.32. The Hall–Kier alpha value is -1.88. The average Bonchev–Trinajstić information content (AvgIpc) is 3.54. The molecular formula is C22H31N3O2. The minimum Gasteiger partial charge on any atom is -0.353 e. The van der Waals surface area contributed by atoms with Crippen LogP contribution < -0.4 is 5.32 Å². The van der Waals surface area contributed by atoms with E-state index in [1.807, 2.05) is 11.0 Å². The van der Waals surface area contributed by atoms with E-state index in [0.717, 1.165) is 71.2 Å². The number of rotatable bonds is 5. The molecule has 1 saturated carbocycles. The number of nitrogens with zero attached hydrogens (tertiary/aromatic N) is 2. The van der Waals surface area contributed by atoms with Crippen LogP contribution in [0.2, 0.25) is 0 Å². The third-order valence-corrected chi connectivity index (χ3v) is 6.20. The topological polar surface area (TPSA) is 52.7 Å². The fraction of sp³-hybridized carbons (Fsp3) is 0.636. The summed E-state index contributed by atoms with van der Waals surface area (Å²) in [4.78, 5) is 29.4. The molecule has 1 atom stereocenters. The first-order valence-electron chi connectivity index (χ1n) is 10.5. The second kappa shape index (κ2) is 8.42. The Morgan fingerprint density at radius 3 is 2.37 bits per heavy atom. The molecular weight excluding hydrogens is 338 g/mol. The SMILES string of the molecule is O=C(NC1CCN(C(=O)[C@H]2CCCN(Cc3ccccc3)C2)CC1)C1CC1. The number of likely N-dealkylation sites (tertiary alicyclic amines) is 2. The van der Waals surface area contributed by atoms with Crippen molar-refractivity contribution in [2.45, 2.75) is 51.1 Å². The summed E-state index contributed by atoms with van der Waals surface area (Å²) in [6.07, 6.45) is 5.98. The van der Waals surface area contributed by atoms with Gasteiger partial charge in [0.05, 0.1) is 5.92 Å². The van der Waals surface area contributed by atoms with E-state index in [1.54, 1.807) is 0 Å². The molecule has 3 fully saturated rings. The maximum Gasteiger partial charge on any atom is 0.226 e. The lowest BCUT2D eigenvalue weighted by Crippen LogP contribution is -2.50. The van der Waals surface area contributed by atoms with Crippen LogP contribution in [0, 0.1) is 11.8 Å². The Kier molecular flexibility index (Phi) is 5.77. The van der Waals surface area contributed by atoms with Gasteiger partial charge in [0.1, 0.15) is 0 Å². The lowest BCUT2D eigenvalue weighted by Gasteiger charge is -2.38. The molecule has 3 aliphatic rings. The van der Waals surface area contributed by atoms with Gasteiger partial charge in [-0.05, 0) is 50.6 Å². The minimum atomic E-state index is 0.125. The van der Waals surface area contributed by atoms with Crippen molar-refractivity contribution in [3.05, 3.63) is 35.9 Å². The van der Waals surface area contributed by atoms with Gasteiger partial charge in [-0.3, -0.25) is 14.5 Å². The van der Waals surface area contributed by atoms with Crippen molar-refractivity contribution in [2.24, 2.45) is 11.8 Å². The minimum absolute atomic E-state index is 0.125. The number of carbonyl (C=O) groups is 2. The molecule has 0 aromatic heterocycles. The lowest BCUT2D eigenvalue weighted by molar-refractivity contribution is -0.138. The number of benzene rings is 1. The number of carbonyl (C=O) groups excluding carboxylic acids is 2. The smallest absolute Gasteiger partial charge is 0.226 e. The fourth-order valence-corrected chi connectivity index (χ4v) is 4.41. The van der Waals surface area contributed by atoms with Gasteiger partial charge in [0.2, 0.25) is 11.8 Å². The first-order chi connectivity index (χ1) is 13.2. The Labute approximate surface area is 162 Å². The predicted octanol–water partition coefficient (Wildman–Crippen LogP) is 2.42. The highest BCUT2D eigenvalue weighted by Crippen LogP contribution is 2.29. The van der Waals surface area contributed by atoms with Gasteiger partial charge >= 0.3 is 0 Å². The van der Waals surface area contributed by atoms with E-state index >= 15 is 0 Å². The normalized spacial score (nSPS) is 24.6. The van der Waals surface area contributed by atoms with E-state index in [4.69, 9.17) is 0 Å². The predicted molar refractivity (Wildman–Crippen MR) is 105 cm³/mol. The molecule has 0 bridgehead atoms. The van der Waals surface area contributed by atoms with Crippen molar-refractivity contribution < 1.29 is 9.59 Å². The fourth-order valence-electron chi connectivity index (χ4n) is 4.41. The van der Waals surface area contributed by atoms with Gasteiger partial charge < -0.3 is 10.2 Å². The molecule has 0 unspecified atom stereocenters. The lowest BCUT2D eigenvalue weighted by atomic mass is 9.94. The maximum absolute atomic E-state index is 13.0. The monoisotopic (exact) mass is 369 g/mol. The van der Waals surface area contributed by atoms with E-state index in [-0.39, 0.29) is 23.8 Å². The van der Waals surface area contributed by atoms with Crippen LogP contribution >= 0.6 is 0 Å². The highest BCUT2D eigenvalue weighted by molar-refractivity contribution is 5.81. The second-order valence-corrected chi connectivity index (χ2v) is 8.44. The summed E-state index contributed by atoms with van der Waals surface area (Å²) in [6, 6.07) is 10.8. The van der Waals surface area contributed by atoms with Crippen LogP contribution in [0.15, 0.2) is 30.3 Å². The van der Waals surface area contributed by atoms with Crippen LogP contribution in [0.25, 0.3) is 0 Å². The van der Waals surface area contributed by atoms with Gasteiger partial charge in [0.15, 0.2) is 0 Å². The van der Waals surface area contributed by atoms with Gasteiger partial charge in [-0.25, -0.2) is 0 Å². The van der Waals surface area contributed by atoms with Crippen LogP contribution in [0.1, 0.15) is 44.1 Å². The van der Waals surface area contributed by atoms with Crippen LogP contribution in [0.4, 0.5) is 0 Å². The number of piperidine rings is 2. The van der Waals surface area contributed by atoms with Gasteiger partial charge in [-0.15, -0.1) is 0 Å². The third-order valence-electron chi connectivity index (χ3n) is 6.20. The second-order valence-electron chi connectivity index (χ2n) is 8.44. The summed E-state index contributed by atoms with van der Waals surface area (Å²) in [5.74, 6) is 0.936. The first kappa shape index (κ1) is 18.5. The van der Waals surface area contributed by atoms with Crippen LogP contribution in [0.5, 0.6) is 0 Å². The molecule has 0 spiro atoms. The summed E-state index contributed by atoms with van der Waals surface area (Å²) in [6.45, 7) is 4.44. The molecule has 5 nitrogen and oxygen atoms in total. The number of nitrogens with one attached hydrogen (secondary N) is 1. The highest BCUT2D eigenvalue weighted by Gasteiger charge is 2.34.